The van der Waals surface area contributed by atoms with Crippen LogP contribution in [0.15, 0.2) is 72.9 Å². The summed E-state index contributed by atoms with van der Waals surface area (Å²) in [5.41, 5.74) is 0.715. The van der Waals surface area contributed by atoms with Crippen molar-refractivity contribution in [2.24, 2.45) is 5.92 Å². The molecule has 7 nitrogen and oxygen atoms in total. The second kappa shape index (κ2) is 11.1. The van der Waals surface area contributed by atoms with Crippen molar-refractivity contribution >= 4 is 11.8 Å². The average molecular weight is 450 g/mol. The zero-order chi connectivity index (χ0) is 23.8. The second-order valence-corrected chi connectivity index (χ2v) is 7.64. The number of aromatic hydroxyl groups is 1. The number of methoxy groups -OCH3 is 1. The van der Waals surface area contributed by atoms with Gasteiger partial charge < -0.3 is 19.3 Å². The summed E-state index contributed by atoms with van der Waals surface area (Å²) in [6, 6.07) is 20.2. The lowest BCUT2D eigenvalue weighted by atomic mass is 10.0. The van der Waals surface area contributed by atoms with Crippen LogP contribution in [0.4, 0.5) is 0 Å². The molecule has 0 fully saturated rings. The van der Waals surface area contributed by atoms with Crippen LogP contribution in [0.1, 0.15) is 42.4 Å². The minimum atomic E-state index is -0.750. The minimum absolute atomic E-state index is 0.140. The normalized spacial score (nSPS) is 13.4. The third kappa shape index (κ3) is 6.10. The molecule has 0 spiro atoms. The Labute approximate surface area is 193 Å². The van der Waals surface area contributed by atoms with Crippen molar-refractivity contribution < 1.29 is 28.9 Å². The van der Waals surface area contributed by atoms with Gasteiger partial charge in [0.15, 0.2) is 29.1 Å². The molecule has 3 atom stereocenters. The first-order valence-electron chi connectivity index (χ1n) is 10.6. The fourth-order valence-electron chi connectivity index (χ4n) is 3.35. The van der Waals surface area contributed by atoms with Gasteiger partial charge in [0.05, 0.1) is 13.0 Å². The van der Waals surface area contributed by atoms with Crippen LogP contribution in [-0.2, 0) is 9.53 Å². The number of carbonyl (C=O) groups excluding carboxylic acids is 2. The van der Waals surface area contributed by atoms with Crippen molar-refractivity contribution in [1.82, 2.24) is 4.98 Å². The van der Waals surface area contributed by atoms with E-state index < -0.39 is 29.9 Å². The molecule has 3 aromatic rings. The standard InChI is InChI=1S/C26H27NO6/c1-17(16-21(28)23-24(29)22(31-3)14-15-27-23)26(30)32-18(2)25(19-10-6-4-7-11-19)33-20-12-8-5-9-13-20/h4-15,17-18,25,29H,16H2,1-3H3/t17-,18+,25-/m1/s1. The fraction of sp³-hybridized carbons (Fsp3) is 0.269. The molecule has 0 aliphatic rings. The summed E-state index contributed by atoms with van der Waals surface area (Å²) in [7, 11) is 1.38. The number of pyridine rings is 1. The third-order valence-corrected chi connectivity index (χ3v) is 5.13. The number of benzene rings is 2. The smallest absolute Gasteiger partial charge is 0.309 e. The van der Waals surface area contributed by atoms with Gasteiger partial charge in [-0.2, -0.15) is 0 Å². The predicted molar refractivity (Wildman–Crippen MR) is 122 cm³/mol. The quantitative estimate of drug-likeness (QED) is 0.352. The molecule has 0 bridgehead atoms. The Balaban J connectivity index is 1.69. The van der Waals surface area contributed by atoms with Gasteiger partial charge >= 0.3 is 5.97 Å². The second-order valence-electron chi connectivity index (χ2n) is 7.64. The summed E-state index contributed by atoms with van der Waals surface area (Å²) in [6.45, 7) is 3.35. The Bertz CT molecular complexity index is 1070. The molecule has 0 radical (unpaired) electrons. The molecule has 1 heterocycles. The first-order valence-corrected chi connectivity index (χ1v) is 10.6. The van der Waals surface area contributed by atoms with E-state index in [1.807, 2.05) is 60.7 Å². The SMILES string of the molecule is COc1ccnc(C(=O)C[C@@H](C)C(=O)O[C@@H](C)[C@@H](Oc2ccccc2)c2ccccc2)c1O. The van der Waals surface area contributed by atoms with Crippen LogP contribution in [0.2, 0.25) is 0 Å². The summed E-state index contributed by atoms with van der Waals surface area (Å²) >= 11 is 0. The van der Waals surface area contributed by atoms with Gasteiger partial charge in [0.1, 0.15) is 11.9 Å². The molecular formula is C26H27NO6. The van der Waals surface area contributed by atoms with Gasteiger partial charge in [-0.1, -0.05) is 55.5 Å². The number of Topliss-reactive ketones (excluding diaryl/α,β-unsaturated/α-hetero) is 1. The first kappa shape index (κ1) is 23.8. The molecule has 0 saturated heterocycles. The molecule has 7 heteroatoms. The van der Waals surface area contributed by atoms with Crippen LogP contribution in [0.3, 0.4) is 0 Å². The van der Waals surface area contributed by atoms with Gasteiger partial charge in [-0.3, -0.25) is 9.59 Å². The number of ether oxygens (including phenoxy) is 3. The maximum Gasteiger partial charge on any atom is 0.309 e. The van der Waals surface area contributed by atoms with E-state index in [1.54, 1.807) is 13.8 Å². The van der Waals surface area contributed by atoms with E-state index in [9.17, 15) is 14.7 Å². The summed E-state index contributed by atoms with van der Waals surface area (Å²) in [6.07, 6.45) is 0.0300. The molecule has 0 saturated carbocycles. The lowest BCUT2D eigenvalue weighted by molar-refractivity contribution is -0.157. The predicted octanol–water partition coefficient (Wildman–Crippen LogP) is 4.76. The lowest BCUT2D eigenvalue weighted by Crippen LogP contribution is -2.29. The number of aromatic nitrogens is 1. The van der Waals surface area contributed by atoms with Crippen molar-refractivity contribution in [3.63, 3.8) is 0 Å². The highest BCUT2D eigenvalue weighted by Crippen LogP contribution is 2.30. The van der Waals surface area contributed by atoms with Crippen LogP contribution in [-0.4, -0.2) is 35.1 Å². The largest absolute Gasteiger partial charge is 0.503 e. The molecule has 1 aromatic heterocycles. The van der Waals surface area contributed by atoms with E-state index >= 15 is 0 Å². The van der Waals surface area contributed by atoms with Crippen LogP contribution >= 0.6 is 0 Å². The van der Waals surface area contributed by atoms with E-state index in [0.29, 0.717) is 5.75 Å². The lowest BCUT2D eigenvalue weighted by Gasteiger charge is -2.26. The molecule has 33 heavy (non-hydrogen) atoms. The van der Waals surface area contributed by atoms with E-state index in [2.05, 4.69) is 4.98 Å². The average Bonchev–Trinajstić information content (AvgIpc) is 2.83. The van der Waals surface area contributed by atoms with Crippen LogP contribution in [0, 0.1) is 5.92 Å². The number of esters is 1. The Hall–Kier alpha value is -3.87. The zero-order valence-corrected chi connectivity index (χ0v) is 18.8. The van der Waals surface area contributed by atoms with Gasteiger partial charge in [0.25, 0.3) is 0 Å². The Kier molecular flexibility index (Phi) is 8.02. The highest BCUT2D eigenvalue weighted by atomic mass is 16.6. The van der Waals surface area contributed by atoms with Gasteiger partial charge in [0, 0.05) is 18.7 Å². The third-order valence-electron chi connectivity index (χ3n) is 5.13. The number of rotatable bonds is 10. The molecule has 1 N–H and O–H groups in total. The Morgan fingerprint density at radius 3 is 2.24 bits per heavy atom. The van der Waals surface area contributed by atoms with Crippen molar-refractivity contribution in [3.05, 3.63) is 84.2 Å². The van der Waals surface area contributed by atoms with Crippen molar-refractivity contribution in [2.75, 3.05) is 7.11 Å². The summed E-state index contributed by atoms with van der Waals surface area (Å²) < 4.78 is 16.8. The molecular weight excluding hydrogens is 422 g/mol. The van der Waals surface area contributed by atoms with E-state index in [-0.39, 0.29) is 23.6 Å². The number of para-hydroxylation sites is 1. The molecule has 0 amide bonds. The molecule has 0 aliphatic carbocycles. The van der Waals surface area contributed by atoms with Crippen molar-refractivity contribution in [1.29, 1.82) is 0 Å². The van der Waals surface area contributed by atoms with Crippen molar-refractivity contribution in [2.45, 2.75) is 32.5 Å². The number of carbonyl (C=O) groups is 2. The minimum Gasteiger partial charge on any atom is -0.503 e. The van der Waals surface area contributed by atoms with Gasteiger partial charge in [0.2, 0.25) is 0 Å². The van der Waals surface area contributed by atoms with E-state index in [1.165, 1.54) is 19.4 Å². The molecule has 3 rings (SSSR count). The maximum atomic E-state index is 12.8. The summed E-state index contributed by atoms with van der Waals surface area (Å²) in [5, 5.41) is 10.2. The Morgan fingerprint density at radius 2 is 1.61 bits per heavy atom. The first-order chi connectivity index (χ1) is 15.9. The number of hydrogen-bond acceptors (Lipinski definition) is 7. The Morgan fingerprint density at radius 1 is 0.970 bits per heavy atom. The summed E-state index contributed by atoms with van der Waals surface area (Å²) in [5.74, 6) is -1.34. The van der Waals surface area contributed by atoms with E-state index in [4.69, 9.17) is 14.2 Å². The van der Waals surface area contributed by atoms with Gasteiger partial charge in [-0.15, -0.1) is 0 Å². The molecule has 172 valence electrons. The van der Waals surface area contributed by atoms with Crippen LogP contribution < -0.4 is 9.47 Å². The fourth-order valence-corrected chi connectivity index (χ4v) is 3.35. The molecule has 2 aromatic carbocycles. The molecule has 0 unspecified atom stereocenters. The summed E-state index contributed by atoms with van der Waals surface area (Å²) in [4.78, 5) is 29.3. The topological polar surface area (TPSA) is 95.0 Å². The molecule has 0 aliphatic heterocycles. The van der Waals surface area contributed by atoms with Gasteiger partial charge in [-0.05, 0) is 24.6 Å². The highest BCUT2D eigenvalue weighted by molar-refractivity contribution is 5.99. The number of hydrogen-bond donors (Lipinski definition) is 1. The number of nitrogens with zero attached hydrogens (tertiary/aromatic N) is 1. The van der Waals surface area contributed by atoms with Crippen LogP contribution in [0.25, 0.3) is 0 Å². The van der Waals surface area contributed by atoms with Crippen molar-refractivity contribution in [3.8, 4) is 17.2 Å². The highest BCUT2D eigenvalue weighted by Gasteiger charge is 2.29. The van der Waals surface area contributed by atoms with Crippen LogP contribution in [0.5, 0.6) is 17.2 Å². The maximum absolute atomic E-state index is 12.8. The van der Waals surface area contributed by atoms with E-state index in [0.717, 1.165) is 5.56 Å². The number of ketones is 1. The monoisotopic (exact) mass is 449 g/mol. The van der Waals surface area contributed by atoms with Gasteiger partial charge in [-0.25, -0.2) is 4.98 Å². The zero-order valence-electron chi connectivity index (χ0n) is 18.8.